The zero-order valence-electron chi connectivity index (χ0n) is 28.4. The van der Waals surface area contributed by atoms with Gasteiger partial charge in [0.2, 0.25) is 6.29 Å². The van der Waals surface area contributed by atoms with Gasteiger partial charge in [-0.2, -0.15) is 13.2 Å². The summed E-state index contributed by atoms with van der Waals surface area (Å²) in [4.78, 5) is 3.85. The topological polar surface area (TPSA) is 67.7 Å². The number of para-hydroxylation sites is 1. The molecule has 0 aromatic heterocycles. The number of aliphatic imine (C=N–C) groups is 1. The van der Waals surface area contributed by atoms with Crippen LogP contribution in [0.1, 0.15) is 22.3 Å². The summed E-state index contributed by atoms with van der Waals surface area (Å²) in [6.45, 7) is 0.538. The van der Waals surface area contributed by atoms with E-state index in [9.17, 15) is 13.2 Å². The van der Waals surface area contributed by atoms with Crippen LogP contribution in [0.25, 0.3) is 0 Å². The average Bonchev–Trinajstić information content (AvgIpc) is 3.17. The number of ether oxygens (including phenoxy) is 6. The maximum absolute atomic E-state index is 14.6. The van der Waals surface area contributed by atoms with Crippen LogP contribution in [0.3, 0.4) is 0 Å². The molecule has 5 aromatic carbocycles. The van der Waals surface area contributed by atoms with E-state index >= 15 is 0 Å². The monoisotopic (exact) mass is 711 g/mol. The zero-order chi connectivity index (χ0) is 36.0. The molecule has 5 aromatic rings. The molecule has 0 aliphatic carbocycles. The first-order valence-corrected chi connectivity index (χ1v) is 17.0. The molecule has 1 aliphatic rings. The molecule has 0 saturated carbocycles. The largest absolute Gasteiger partial charge is 0.468 e. The highest BCUT2D eigenvalue weighted by Gasteiger charge is 2.52. The van der Waals surface area contributed by atoms with Crippen molar-refractivity contribution in [2.75, 3.05) is 6.61 Å². The fraction of sp³-hybridized carbons (Fsp3) is 0.262. The number of hydrogen-bond acceptors (Lipinski definition) is 7. The number of benzene rings is 5. The molecule has 0 radical (unpaired) electrons. The molecule has 1 heterocycles. The van der Waals surface area contributed by atoms with Crippen LogP contribution in [0.5, 0.6) is 0 Å². The van der Waals surface area contributed by atoms with E-state index in [1.807, 2.05) is 121 Å². The van der Waals surface area contributed by atoms with E-state index in [2.05, 4.69) is 4.99 Å². The summed E-state index contributed by atoms with van der Waals surface area (Å²) in [6.07, 6.45) is -10.5. The molecule has 5 atom stereocenters. The van der Waals surface area contributed by atoms with Crippen molar-refractivity contribution >= 4 is 11.6 Å². The summed E-state index contributed by atoms with van der Waals surface area (Å²) in [7, 11) is 0. The van der Waals surface area contributed by atoms with Crippen molar-refractivity contribution in [2.24, 2.45) is 4.99 Å². The molecule has 0 N–H and O–H groups in total. The second kappa shape index (κ2) is 18.6. The van der Waals surface area contributed by atoms with Gasteiger partial charge in [0.1, 0.15) is 24.4 Å². The second-order valence-corrected chi connectivity index (χ2v) is 12.2. The zero-order valence-corrected chi connectivity index (χ0v) is 28.4. The van der Waals surface area contributed by atoms with Gasteiger partial charge >= 0.3 is 6.18 Å². The number of hydrogen-bond donors (Lipinski definition) is 0. The van der Waals surface area contributed by atoms with Gasteiger partial charge in [-0.15, -0.1) is 0 Å². The Morgan fingerprint density at radius 2 is 0.923 bits per heavy atom. The lowest BCUT2D eigenvalue weighted by molar-refractivity contribution is -0.316. The fourth-order valence-corrected chi connectivity index (χ4v) is 5.73. The highest BCUT2D eigenvalue weighted by Crippen LogP contribution is 2.34. The molecule has 10 heteroatoms. The van der Waals surface area contributed by atoms with Crippen LogP contribution in [0.4, 0.5) is 18.9 Å². The first-order chi connectivity index (χ1) is 25.4. The lowest BCUT2D eigenvalue weighted by Crippen LogP contribution is -2.62. The molecule has 6 rings (SSSR count). The number of nitrogens with zero attached hydrogens (tertiary/aromatic N) is 1. The normalized spacial score (nSPS) is 20.8. The summed E-state index contributed by atoms with van der Waals surface area (Å²) >= 11 is 0. The third-order valence-electron chi connectivity index (χ3n) is 8.30. The number of alkyl halides is 3. The van der Waals surface area contributed by atoms with Gasteiger partial charge < -0.3 is 28.4 Å². The molecule has 1 fully saturated rings. The van der Waals surface area contributed by atoms with Gasteiger partial charge in [0.25, 0.3) is 5.90 Å². The van der Waals surface area contributed by atoms with Crippen LogP contribution in [-0.2, 0) is 54.8 Å². The van der Waals surface area contributed by atoms with Crippen LogP contribution in [-0.4, -0.2) is 49.4 Å². The van der Waals surface area contributed by atoms with Gasteiger partial charge in [-0.25, -0.2) is 4.99 Å². The molecule has 1 aliphatic heterocycles. The molecule has 270 valence electrons. The van der Waals surface area contributed by atoms with Crippen molar-refractivity contribution in [1.82, 2.24) is 0 Å². The maximum atomic E-state index is 14.6. The minimum atomic E-state index is -4.95. The van der Waals surface area contributed by atoms with Gasteiger partial charge in [0.05, 0.1) is 38.7 Å². The van der Waals surface area contributed by atoms with E-state index in [0.29, 0.717) is 0 Å². The predicted octanol–water partition coefficient (Wildman–Crippen LogP) is 8.99. The molecule has 0 bridgehead atoms. The lowest BCUT2D eigenvalue weighted by atomic mass is 9.97. The van der Waals surface area contributed by atoms with E-state index in [1.54, 1.807) is 18.2 Å². The SMILES string of the molecule is FC(F)(F)C(=Nc1ccccc1)OC1O[C@H](COCc2ccccc2)[C@@H](OCc2ccccc2)[C@H](OCc2ccccc2)[C@@H]1OCc1ccccc1. The van der Waals surface area contributed by atoms with E-state index in [1.165, 1.54) is 12.1 Å². The second-order valence-electron chi connectivity index (χ2n) is 12.2. The van der Waals surface area contributed by atoms with Gasteiger partial charge in [0, 0.05) is 0 Å². The average molecular weight is 712 g/mol. The van der Waals surface area contributed by atoms with E-state index in [0.717, 1.165) is 22.3 Å². The van der Waals surface area contributed by atoms with Crippen molar-refractivity contribution in [3.63, 3.8) is 0 Å². The highest BCUT2D eigenvalue weighted by molar-refractivity contribution is 5.84. The maximum Gasteiger partial charge on any atom is 0.468 e. The Morgan fingerprint density at radius 1 is 0.519 bits per heavy atom. The number of rotatable bonds is 15. The molecule has 52 heavy (non-hydrogen) atoms. The Kier molecular flexibility index (Phi) is 13.2. The minimum Gasteiger partial charge on any atom is -0.441 e. The Morgan fingerprint density at radius 3 is 1.38 bits per heavy atom. The summed E-state index contributed by atoms with van der Waals surface area (Å²) in [5, 5.41) is 0. The van der Waals surface area contributed by atoms with Crippen LogP contribution in [0.15, 0.2) is 157 Å². The third-order valence-corrected chi connectivity index (χ3v) is 8.30. The van der Waals surface area contributed by atoms with Gasteiger partial charge in [0.15, 0.2) is 0 Å². The quantitative estimate of drug-likeness (QED) is 0.0798. The molecular formula is C42H40F3NO6. The van der Waals surface area contributed by atoms with Crippen molar-refractivity contribution in [2.45, 2.75) is 63.3 Å². The van der Waals surface area contributed by atoms with E-state index in [-0.39, 0.29) is 38.7 Å². The van der Waals surface area contributed by atoms with E-state index in [4.69, 9.17) is 28.4 Å². The molecule has 7 nitrogen and oxygen atoms in total. The summed E-state index contributed by atoms with van der Waals surface area (Å²) in [5.74, 6) is -1.48. The molecule has 0 spiro atoms. The predicted molar refractivity (Wildman–Crippen MR) is 190 cm³/mol. The van der Waals surface area contributed by atoms with Gasteiger partial charge in [-0.05, 0) is 34.4 Å². The van der Waals surface area contributed by atoms with Crippen LogP contribution < -0.4 is 0 Å². The molecule has 0 amide bonds. The van der Waals surface area contributed by atoms with Gasteiger partial charge in [-0.3, -0.25) is 0 Å². The Balaban J connectivity index is 1.37. The standard InChI is InChI=1S/C42H40F3NO6/c43-42(44,45)41(46-35-24-14-5-15-25-35)52-40-39(50-29-34-22-12-4-13-23-34)38(49-28-33-20-10-3-11-21-33)37(48-27-32-18-8-2-9-19-32)36(51-40)30-47-26-31-16-6-1-7-17-31/h1-25,36-40H,26-30H2/t36-,37-,38+,39+,40?/m1/s1. The van der Waals surface area contributed by atoms with Gasteiger partial charge in [-0.1, -0.05) is 140 Å². The van der Waals surface area contributed by atoms with Crippen molar-refractivity contribution in [1.29, 1.82) is 0 Å². The lowest BCUT2D eigenvalue weighted by Gasteiger charge is -2.45. The van der Waals surface area contributed by atoms with Crippen molar-refractivity contribution < 1.29 is 41.6 Å². The van der Waals surface area contributed by atoms with Crippen molar-refractivity contribution in [3.8, 4) is 0 Å². The first-order valence-electron chi connectivity index (χ1n) is 17.0. The fourth-order valence-electron chi connectivity index (χ4n) is 5.73. The molecule has 1 saturated heterocycles. The Bertz CT molecular complexity index is 1780. The first kappa shape index (κ1) is 36.9. The summed E-state index contributed by atoms with van der Waals surface area (Å²) in [5.41, 5.74) is 3.53. The smallest absolute Gasteiger partial charge is 0.441 e. The third kappa shape index (κ3) is 10.8. The van der Waals surface area contributed by atoms with E-state index < -0.39 is 42.8 Å². The minimum absolute atomic E-state index is 0.0394. The van der Waals surface area contributed by atoms with Crippen LogP contribution in [0, 0.1) is 0 Å². The Labute approximate surface area is 301 Å². The van der Waals surface area contributed by atoms with Crippen LogP contribution in [0.2, 0.25) is 0 Å². The summed E-state index contributed by atoms with van der Waals surface area (Å²) in [6, 6.07) is 45.7. The molecular weight excluding hydrogens is 671 g/mol. The summed E-state index contributed by atoms with van der Waals surface area (Å²) < 4.78 is 81.8. The molecule has 1 unspecified atom stereocenters. The van der Waals surface area contributed by atoms with Crippen molar-refractivity contribution in [3.05, 3.63) is 174 Å². The Hall–Kier alpha value is -4.84. The van der Waals surface area contributed by atoms with Crippen LogP contribution >= 0.6 is 0 Å². The number of halogens is 3. The highest BCUT2D eigenvalue weighted by atomic mass is 19.4.